The summed E-state index contributed by atoms with van der Waals surface area (Å²) in [5, 5.41) is 8.64. The van der Waals surface area contributed by atoms with Crippen LogP contribution in [0, 0.1) is 0 Å². The van der Waals surface area contributed by atoms with E-state index >= 15 is 0 Å². The zero-order chi connectivity index (χ0) is 20.7. The molecule has 1 fully saturated rings. The second-order valence-electron chi connectivity index (χ2n) is 7.48. The maximum atomic E-state index is 6.36. The van der Waals surface area contributed by atoms with Crippen LogP contribution >= 0.6 is 11.6 Å². The number of hydrogen-bond donors (Lipinski definition) is 1. The molecule has 1 aromatic heterocycles. The Balaban J connectivity index is 1.69. The number of nitrogens with zero attached hydrogens (tertiary/aromatic N) is 3. The van der Waals surface area contributed by atoms with E-state index < -0.39 is 0 Å². The van der Waals surface area contributed by atoms with E-state index in [0.717, 1.165) is 50.2 Å². The van der Waals surface area contributed by atoms with Crippen LogP contribution in [0.1, 0.15) is 56.8 Å². The van der Waals surface area contributed by atoms with Crippen LogP contribution in [0.3, 0.4) is 0 Å². The molecule has 0 radical (unpaired) electrons. The summed E-state index contributed by atoms with van der Waals surface area (Å²) in [4.78, 5) is 7.01. The smallest absolute Gasteiger partial charge is 0.240 e. The van der Waals surface area contributed by atoms with Crippen LogP contribution in [0.25, 0.3) is 0 Å². The number of nitrogens with one attached hydrogen (secondary N) is 1. The highest BCUT2D eigenvalue weighted by atomic mass is 35.5. The average molecular weight is 419 g/mol. The first kappa shape index (κ1) is 21.8. The first-order chi connectivity index (χ1) is 14.1. The van der Waals surface area contributed by atoms with Crippen LogP contribution in [0.4, 0.5) is 0 Å². The van der Waals surface area contributed by atoms with E-state index in [0.29, 0.717) is 36.4 Å². The standard InChI is InChI=1S/C22H31ClN4O2/c1-4-13-28-19-10-9-17(14-18(19)23)15-24-22(11-7-8-12-22)21-25-20(29-26-21)16-27(5-2)6-3/h4,9-10,14,24H,1,5-8,11-13,15-16H2,2-3H3. The van der Waals surface area contributed by atoms with Gasteiger partial charge in [-0.25, -0.2) is 0 Å². The quantitative estimate of drug-likeness (QED) is 0.534. The van der Waals surface area contributed by atoms with E-state index in [-0.39, 0.29) is 5.54 Å². The Morgan fingerprint density at radius 1 is 1.31 bits per heavy atom. The molecule has 0 spiro atoms. The van der Waals surface area contributed by atoms with Crippen molar-refractivity contribution in [1.82, 2.24) is 20.4 Å². The van der Waals surface area contributed by atoms with Gasteiger partial charge in [0.05, 0.1) is 17.1 Å². The zero-order valence-corrected chi connectivity index (χ0v) is 18.2. The third-order valence-corrected chi connectivity index (χ3v) is 5.89. The molecule has 1 aromatic carbocycles. The van der Waals surface area contributed by atoms with Gasteiger partial charge in [-0.2, -0.15) is 4.98 Å². The molecule has 0 atom stereocenters. The highest BCUT2D eigenvalue weighted by Gasteiger charge is 2.39. The molecule has 158 valence electrons. The summed E-state index contributed by atoms with van der Waals surface area (Å²) in [7, 11) is 0. The van der Waals surface area contributed by atoms with Gasteiger partial charge in [-0.05, 0) is 43.6 Å². The molecule has 1 heterocycles. The van der Waals surface area contributed by atoms with E-state index in [1.165, 1.54) is 0 Å². The normalized spacial score (nSPS) is 15.7. The fraction of sp³-hybridized carbons (Fsp3) is 0.545. The number of hydrogen-bond acceptors (Lipinski definition) is 6. The highest BCUT2D eigenvalue weighted by Crippen LogP contribution is 2.38. The van der Waals surface area contributed by atoms with E-state index in [4.69, 9.17) is 25.8 Å². The molecule has 0 unspecified atom stereocenters. The number of aromatic nitrogens is 2. The SMILES string of the molecule is C=CCOc1ccc(CNC2(c3noc(CN(CC)CC)n3)CCCC2)cc1Cl. The van der Waals surface area contributed by atoms with Crippen molar-refractivity contribution >= 4 is 11.6 Å². The van der Waals surface area contributed by atoms with Gasteiger partial charge < -0.3 is 14.6 Å². The van der Waals surface area contributed by atoms with Crippen LogP contribution in [0.5, 0.6) is 5.75 Å². The molecule has 0 bridgehead atoms. The van der Waals surface area contributed by atoms with Gasteiger partial charge in [-0.3, -0.25) is 4.90 Å². The topological polar surface area (TPSA) is 63.4 Å². The number of rotatable bonds is 11. The lowest BCUT2D eigenvalue weighted by molar-refractivity contribution is 0.243. The molecule has 0 aliphatic heterocycles. The number of benzene rings is 1. The van der Waals surface area contributed by atoms with E-state index in [1.807, 2.05) is 18.2 Å². The lowest BCUT2D eigenvalue weighted by atomic mass is 9.96. The first-order valence-corrected chi connectivity index (χ1v) is 10.8. The summed E-state index contributed by atoms with van der Waals surface area (Å²) in [5.74, 6) is 2.13. The van der Waals surface area contributed by atoms with Gasteiger partial charge in [-0.1, -0.05) is 62.2 Å². The monoisotopic (exact) mass is 418 g/mol. The summed E-state index contributed by atoms with van der Waals surface area (Å²) >= 11 is 6.36. The van der Waals surface area contributed by atoms with Crippen LogP contribution in [0.2, 0.25) is 5.02 Å². The molecule has 2 aromatic rings. The highest BCUT2D eigenvalue weighted by molar-refractivity contribution is 6.32. The van der Waals surface area contributed by atoms with Crippen molar-refractivity contribution in [2.75, 3.05) is 19.7 Å². The van der Waals surface area contributed by atoms with Gasteiger partial charge in [0.15, 0.2) is 5.82 Å². The molecular formula is C22H31ClN4O2. The Labute approximate surface area is 178 Å². The van der Waals surface area contributed by atoms with Crippen molar-refractivity contribution in [2.45, 2.75) is 58.2 Å². The Hall–Kier alpha value is -1.89. The van der Waals surface area contributed by atoms with Crippen LogP contribution < -0.4 is 10.1 Å². The molecule has 1 aliphatic carbocycles. The summed E-state index contributed by atoms with van der Waals surface area (Å²) in [5.41, 5.74) is 0.856. The Bertz CT molecular complexity index is 798. The Morgan fingerprint density at radius 3 is 2.72 bits per heavy atom. The number of ether oxygens (including phenoxy) is 1. The summed E-state index contributed by atoms with van der Waals surface area (Å²) in [6, 6.07) is 5.88. The fourth-order valence-electron chi connectivity index (χ4n) is 3.80. The van der Waals surface area contributed by atoms with E-state index in [2.05, 4.69) is 35.8 Å². The van der Waals surface area contributed by atoms with E-state index in [1.54, 1.807) is 6.08 Å². The zero-order valence-electron chi connectivity index (χ0n) is 17.4. The third kappa shape index (κ3) is 5.38. The largest absolute Gasteiger partial charge is 0.488 e. The Kier molecular flexibility index (Phi) is 7.70. The summed E-state index contributed by atoms with van der Waals surface area (Å²) < 4.78 is 11.1. The second kappa shape index (κ2) is 10.2. The lowest BCUT2D eigenvalue weighted by Crippen LogP contribution is -2.40. The lowest BCUT2D eigenvalue weighted by Gasteiger charge is -2.27. The van der Waals surface area contributed by atoms with Crippen molar-refractivity contribution in [3.8, 4) is 5.75 Å². The fourth-order valence-corrected chi connectivity index (χ4v) is 4.06. The summed E-state index contributed by atoms with van der Waals surface area (Å²) in [6.07, 6.45) is 6.02. The van der Waals surface area contributed by atoms with Gasteiger partial charge in [0, 0.05) is 6.54 Å². The molecule has 0 amide bonds. The van der Waals surface area contributed by atoms with Gasteiger partial charge >= 0.3 is 0 Å². The molecule has 29 heavy (non-hydrogen) atoms. The van der Waals surface area contributed by atoms with Crippen LogP contribution in [-0.2, 0) is 18.6 Å². The number of halogens is 1. The van der Waals surface area contributed by atoms with Crippen LogP contribution in [-0.4, -0.2) is 34.7 Å². The van der Waals surface area contributed by atoms with Gasteiger partial charge in [-0.15, -0.1) is 0 Å². The minimum absolute atomic E-state index is 0.241. The van der Waals surface area contributed by atoms with Gasteiger partial charge in [0.1, 0.15) is 12.4 Å². The van der Waals surface area contributed by atoms with E-state index in [9.17, 15) is 0 Å². The first-order valence-electron chi connectivity index (χ1n) is 10.4. The molecule has 1 saturated carbocycles. The van der Waals surface area contributed by atoms with Crippen molar-refractivity contribution < 1.29 is 9.26 Å². The maximum absolute atomic E-state index is 6.36. The summed E-state index contributed by atoms with van der Waals surface area (Å²) in [6.45, 7) is 11.7. The minimum Gasteiger partial charge on any atom is -0.488 e. The second-order valence-corrected chi connectivity index (χ2v) is 7.89. The minimum atomic E-state index is -0.241. The molecule has 7 heteroatoms. The molecular weight excluding hydrogens is 388 g/mol. The predicted molar refractivity (Wildman–Crippen MR) is 115 cm³/mol. The average Bonchev–Trinajstić information content (AvgIpc) is 3.40. The Morgan fingerprint density at radius 2 is 2.07 bits per heavy atom. The molecule has 6 nitrogen and oxygen atoms in total. The molecule has 1 N–H and O–H groups in total. The third-order valence-electron chi connectivity index (χ3n) is 5.59. The van der Waals surface area contributed by atoms with Gasteiger partial charge in [0.2, 0.25) is 5.89 Å². The van der Waals surface area contributed by atoms with Crippen molar-refractivity contribution in [2.24, 2.45) is 0 Å². The molecule has 3 rings (SSSR count). The predicted octanol–water partition coefficient (Wildman–Crippen LogP) is 4.69. The van der Waals surface area contributed by atoms with Crippen molar-refractivity contribution in [3.05, 3.63) is 53.2 Å². The van der Waals surface area contributed by atoms with Crippen LogP contribution in [0.15, 0.2) is 35.4 Å². The van der Waals surface area contributed by atoms with Gasteiger partial charge in [0.25, 0.3) is 0 Å². The molecule has 1 aliphatic rings. The molecule has 0 saturated heterocycles. The van der Waals surface area contributed by atoms with Crippen molar-refractivity contribution in [1.29, 1.82) is 0 Å². The maximum Gasteiger partial charge on any atom is 0.240 e. The van der Waals surface area contributed by atoms with Crippen molar-refractivity contribution in [3.63, 3.8) is 0 Å².